The van der Waals surface area contributed by atoms with Crippen LogP contribution in [0.25, 0.3) is 11.1 Å². The highest BCUT2D eigenvalue weighted by Crippen LogP contribution is 2.37. The second-order valence-corrected chi connectivity index (χ2v) is 8.58. The van der Waals surface area contributed by atoms with Crippen LogP contribution in [0, 0.1) is 6.92 Å². The fourth-order valence-electron chi connectivity index (χ4n) is 3.28. The van der Waals surface area contributed by atoms with E-state index in [0.29, 0.717) is 0 Å². The van der Waals surface area contributed by atoms with E-state index in [1.807, 2.05) is 0 Å². The molecule has 4 rings (SSSR count). The first-order chi connectivity index (χ1) is 12.8. The van der Waals surface area contributed by atoms with Gasteiger partial charge < -0.3 is 0 Å². The first-order valence-corrected chi connectivity index (χ1v) is 10.2. The van der Waals surface area contributed by atoms with E-state index in [1.165, 1.54) is 32.6 Å². The zero-order valence-corrected chi connectivity index (χ0v) is 15.7. The Morgan fingerprint density at radius 1 is 0.538 bits per heavy atom. The van der Waals surface area contributed by atoms with Crippen molar-refractivity contribution in [2.45, 2.75) is 6.92 Å². The summed E-state index contributed by atoms with van der Waals surface area (Å²) in [6.45, 7) is 2.17. The summed E-state index contributed by atoms with van der Waals surface area (Å²) in [6, 6.07) is 39.4. The van der Waals surface area contributed by atoms with Gasteiger partial charge in [-0.15, -0.1) is 0 Å². The lowest BCUT2D eigenvalue weighted by molar-refractivity contribution is 1.48. The molecule has 0 N–H and O–H groups in total. The lowest BCUT2D eigenvalue weighted by Crippen LogP contribution is -2.22. The highest BCUT2D eigenvalue weighted by molar-refractivity contribution is 7.80. The number of hydrogen-bond donors (Lipinski definition) is 0. The van der Waals surface area contributed by atoms with Crippen LogP contribution in [-0.2, 0) is 0 Å². The van der Waals surface area contributed by atoms with Gasteiger partial charge in [0.1, 0.15) is 0 Å². The monoisotopic (exact) mass is 352 g/mol. The second kappa shape index (κ2) is 7.68. The van der Waals surface area contributed by atoms with Gasteiger partial charge in [-0.25, -0.2) is 0 Å². The smallest absolute Gasteiger partial charge is 0.00724 e. The van der Waals surface area contributed by atoms with Crippen molar-refractivity contribution in [3.8, 4) is 11.1 Å². The standard InChI is InChI=1S/C25H21P/c1-20-17-18-25(24(19-20)21-11-5-2-6-12-21)26(22-13-7-3-8-14-22)23-15-9-4-10-16-23/h2-19H,1H3. The Bertz CT molecular complexity index is 937. The van der Waals surface area contributed by atoms with Gasteiger partial charge in [-0.1, -0.05) is 115 Å². The van der Waals surface area contributed by atoms with E-state index in [-0.39, 0.29) is 0 Å². The molecule has 0 heterocycles. The molecule has 0 unspecified atom stereocenters. The predicted molar refractivity (Wildman–Crippen MR) is 115 cm³/mol. The van der Waals surface area contributed by atoms with Crippen LogP contribution in [-0.4, -0.2) is 0 Å². The Labute approximate surface area is 156 Å². The largest absolute Gasteiger partial charge is 0.0622 e. The minimum absolute atomic E-state index is 0.603. The van der Waals surface area contributed by atoms with Crippen LogP contribution in [0.15, 0.2) is 109 Å². The molecule has 0 saturated heterocycles. The number of benzene rings is 4. The minimum Gasteiger partial charge on any atom is -0.0622 e. The van der Waals surface area contributed by atoms with Gasteiger partial charge in [0.05, 0.1) is 0 Å². The molecule has 1 heteroatoms. The lowest BCUT2D eigenvalue weighted by atomic mass is 10.0. The Morgan fingerprint density at radius 2 is 1.04 bits per heavy atom. The molecule has 0 spiro atoms. The normalized spacial score (nSPS) is 10.8. The average Bonchev–Trinajstić information content (AvgIpc) is 2.71. The molecular formula is C25H21P. The Morgan fingerprint density at radius 3 is 1.58 bits per heavy atom. The van der Waals surface area contributed by atoms with Crippen molar-refractivity contribution in [1.82, 2.24) is 0 Å². The van der Waals surface area contributed by atoms with E-state index in [2.05, 4.69) is 116 Å². The number of aryl methyl sites for hydroxylation is 1. The van der Waals surface area contributed by atoms with Crippen molar-refractivity contribution < 1.29 is 0 Å². The summed E-state index contributed by atoms with van der Waals surface area (Å²) in [5.41, 5.74) is 3.92. The molecule has 0 aromatic heterocycles. The molecule has 26 heavy (non-hydrogen) atoms. The van der Waals surface area contributed by atoms with Gasteiger partial charge in [0, 0.05) is 0 Å². The Hall–Kier alpha value is -2.69. The van der Waals surface area contributed by atoms with Gasteiger partial charge in [0.25, 0.3) is 0 Å². The highest BCUT2D eigenvalue weighted by Gasteiger charge is 2.20. The van der Waals surface area contributed by atoms with Gasteiger partial charge in [0.2, 0.25) is 0 Å². The number of rotatable bonds is 4. The summed E-state index contributed by atoms with van der Waals surface area (Å²) in [6.07, 6.45) is 0. The summed E-state index contributed by atoms with van der Waals surface area (Å²) < 4.78 is 0. The van der Waals surface area contributed by atoms with Crippen LogP contribution < -0.4 is 15.9 Å². The molecule has 4 aromatic rings. The zero-order valence-electron chi connectivity index (χ0n) is 14.8. The van der Waals surface area contributed by atoms with Crippen LogP contribution in [0.2, 0.25) is 0 Å². The SMILES string of the molecule is Cc1ccc(P(c2ccccc2)c2ccccc2)c(-c2ccccc2)c1. The molecule has 0 radical (unpaired) electrons. The van der Waals surface area contributed by atoms with E-state index in [0.717, 1.165) is 0 Å². The van der Waals surface area contributed by atoms with E-state index >= 15 is 0 Å². The molecule has 4 aromatic carbocycles. The summed E-state index contributed by atoms with van der Waals surface area (Å²) >= 11 is 0. The van der Waals surface area contributed by atoms with Crippen LogP contribution in [0.1, 0.15) is 5.56 Å². The molecule has 0 aliphatic rings. The fourth-order valence-corrected chi connectivity index (χ4v) is 5.73. The van der Waals surface area contributed by atoms with Crippen molar-refractivity contribution >= 4 is 23.8 Å². The third kappa shape index (κ3) is 3.47. The summed E-state index contributed by atoms with van der Waals surface area (Å²) in [5.74, 6) is 0. The summed E-state index contributed by atoms with van der Waals surface area (Å²) in [5, 5.41) is 4.18. The molecule has 0 fully saturated rings. The number of hydrogen-bond acceptors (Lipinski definition) is 0. The average molecular weight is 352 g/mol. The predicted octanol–water partition coefficient (Wildman–Crippen LogP) is 5.42. The van der Waals surface area contributed by atoms with Gasteiger partial charge in [-0.2, -0.15) is 0 Å². The summed E-state index contributed by atoms with van der Waals surface area (Å²) in [4.78, 5) is 0. The van der Waals surface area contributed by atoms with Crippen molar-refractivity contribution in [1.29, 1.82) is 0 Å². The van der Waals surface area contributed by atoms with Crippen LogP contribution >= 0.6 is 7.92 Å². The molecule has 126 valence electrons. The molecular weight excluding hydrogens is 331 g/mol. The van der Waals surface area contributed by atoms with E-state index in [1.54, 1.807) is 0 Å². The molecule has 0 amide bonds. The van der Waals surface area contributed by atoms with Crippen LogP contribution in [0.5, 0.6) is 0 Å². The van der Waals surface area contributed by atoms with E-state index < -0.39 is 7.92 Å². The molecule has 0 saturated carbocycles. The van der Waals surface area contributed by atoms with Gasteiger partial charge in [0.15, 0.2) is 0 Å². The van der Waals surface area contributed by atoms with Crippen LogP contribution in [0.4, 0.5) is 0 Å². The molecule has 0 aliphatic heterocycles. The van der Waals surface area contributed by atoms with Crippen LogP contribution in [0.3, 0.4) is 0 Å². The maximum atomic E-state index is 2.33. The summed E-state index contributed by atoms with van der Waals surface area (Å²) in [7, 11) is -0.603. The zero-order chi connectivity index (χ0) is 17.8. The van der Waals surface area contributed by atoms with Gasteiger partial charge in [-0.3, -0.25) is 0 Å². The third-order valence-corrected chi connectivity index (χ3v) is 7.01. The lowest BCUT2D eigenvalue weighted by Gasteiger charge is -2.23. The van der Waals surface area contributed by atoms with E-state index in [4.69, 9.17) is 0 Å². The Kier molecular flexibility index (Phi) is 4.95. The maximum Gasteiger partial charge on any atom is -0.00724 e. The third-order valence-electron chi connectivity index (χ3n) is 4.51. The van der Waals surface area contributed by atoms with Crippen molar-refractivity contribution in [3.63, 3.8) is 0 Å². The highest BCUT2D eigenvalue weighted by atomic mass is 31.1. The molecule has 0 nitrogen and oxygen atoms in total. The van der Waals surface area contributed by atoms with Crippen molar-refractivity contribution in [2.24, 2.45) is 0 Å². The van der Waals surface area contributed by atoms with Crippen molar-refractivity contribution in [3.05, 3.63) is 115 Å². The molecule has 0 aliphatic carbocycles. The topological polar surface area (TPSA) is 0 Å². The quantitative estimate of drug-likeness (QED) is 0.430. The molecule has 0 bridgehead atoms. The maximum absolute atomic E-state index is 2.33. The second-order valence-electron chi connectivity index (χ2n) is 6.39. The van der Waals surface area contributed by atoms with Crippen molar-refractivity contribution in [2.75, 3.05) is 0 Å². The minimum atomic E-state index is -0.603. The first kappa shape index (κ1) is 16.8. The Balaban J connectivity index is 1.95. The van der Waals surface area contributed by atoms with Gasteiger partial charge >= 0.3 is 0 Å². The fraction of sp³-hybridized carbons (Fsp3) is 0.0400. The first-order valence-electron chi connectivity index (χ1n) is 8.89. The van der Waals surface area contributed by atoms with E-state index in [9.17, 15) is 0 Å². The van der Waals surface area contributed by atoms with Gasteiger partial charge in [-0.05, 0) is 41.9 Å². The molecule has 0 atom stereocenters.